The number of aromatic nitrogens is 1. The van der Waals surface area contributed by atoms with E-state index < -0.39 is 46.3 Å². The van der Waals surface area contributed by atoms with Gasteiger partial charge in [0.25, 0.3) is 0 Å². The molecule has 1 saturated heterocycles. The number of fused-ring (bicyclic) bond motifs is 2. The number of nitrogens with zero attached hydrogens (tertiary/aromatic N) is 1. The highest BCUT2D eigenvalue weighted by molar-refractivity contribution is 8.00. The van der Waals surface area contributed by atoms with Crippen molar-refractivity contribution in [2.45, 2.75) is 22.4 Å². The van der Waals surface area contributed by atoms with Crippen LogP contribution in [0.5, 0.6) is 0 Å². The summed E-state index contributed by atoms with van der Waals surface area (Å²) in [6, 6.07) is 9.24. The summed E-state index contributed by atoms with van der Waals surface area (Å²) in [6.45, 7) is 0. The van der Waals surface area contributed by atoms with Crippen LogP contribution in [0.15, 0.2) is 52.3 Å². The summed E-state index contributed by atoms with van der Waals surface area (Å²) in [5.41, 5.74) is -1.19. The van der Waals surface area contributed by atoms with Gasteiger partial charge in [-0.2, -0.15) is 13.2 Å². The molecule has 0 spiro atoms. The lowest BCUT2D eigenvalue weighted by Crippen LogP contribution is -2.33. The highest BCUT2D eigenvalue weighted by Crippen LogP contribution is 2.55. The number of imide groups is 1. The SMILES string of the molecule is O=C1C2Sc3[nH]c(=O)sc3[C@H](c3cccc(Cl)c3Cl)C2C(=O)N1c1ccccc1C(F)(F)F. The number of hydrogen-bond donors (Lipinski definition) is 1. The molecule has 5 nitrogen and oxygen atoms in total. The molecule has 1 fully saturated rings. The van der Waals surface area contributed by atoms with Crippen molar-refractivity contribution in [2.24, 2.45) is 5.92 Å². The van der Waals surface area contributed by atoms with E-state index in [-0.39, 0.29) is 14.9 Å². The molecule has 170 valence electrons. The fourth-order valence-electron chi connectivity index (χ4n) is 4.26. The van der Waals surface area contributed by atoms with E-state index in [4.69, 9.17) is 23.2 Å². The molecule has 12 heteroatoms. The summed E-state index contributed by atoms with van der Waals surface area (Å²) in [5.74, 6) is -3.48. The molecule has 0 bridgehead atoms. The zero-order chi connectivity index (χ0) is 23.7. The van der Waals surface area contributed by atoms with Crippen LogP contribution in [0.3, 0.4) is 0 Å². The van der Waals surface area contributed by atoms with Crippen molar-refractivity contribution >= 4 is 63.8 Å². The summed E-state index contributed by atoms with van der Waals surface area (Å²) in [4.78, 5) is 42.4. The second-order valence-corrected chi connectivity index (χ2v) is 10.4. The molecule has 0 saturated carbocycles. The molecule has 2 aliphatic rings. The van der Waals surface area contributed by atoms with Gasteiger partial charge in [0.2, 0.25) is 11.8 Å². The standard InChI is InChI=1S/C21H11Cl2F3N2O3S2/c22-10-6-3-4-8(14(10)23)12-13-16(32-17-15(12)33-20(31)27-17)19(30)28(18(13)29)11-7-2-1-5-9(11)21(24,25)26/h1-7,12-13,16H,(H,27,31)/t12-,13?,16?/m1/s1. The number of benzene rings is 2. The number of amides is 2. The number of thiazole rings is 1. The van der Waals surface area contributed by atoms with Crippen LogP contribution < -0.4 is 9.77 Å². The third kappa shape index (κ3) is 3.51. The highest BCUT2D eigenvalue weighted by atomic mass is 35.5. The van der Waals surface area contributed by atoms with Crippen LogP contribution in [0, 0.1) is 5.92 Å². The number of thioether (sulfide) groups is 1. The Labute approximate surface area is 202 Å². The van der Waals surface area contributed by atoms with E-state index in [1.807, 2.05) is 0 Å². The lowest BCUT2D eigenvalue weighted by molar-refractivity contribution is -0.137. The lowest BCUT2D eigenvalue weighted by Gasteiger charge is -2.30. The average Bonchev–Trinajstić information content (AvgIpc) is 3.24. The molecule has 2 unspecified atom stereocenters. The Hall–Kier alpha value is -2.27. The topological polar surface area (TPSA) is 70.2 Å². The molecular weight excluding hydrogens is 520 g/mol. The van der Waals surface area contributed by atoms with Crippen LogP contribution in [0.1, 0.15) is 21.9 Å². The van der Waals surface area contributed by atoms with Crippen molar-refractivity contribution in [3.8, 4) is 0 Å². The van der Waals surface area contributed by atoms with Gasteiger partial charge in [0.05, 0.1) is 32.2 Å². The number of nitrogens with one attached hydrogen (secondary N) is 1. The minimum Gasteiger partial charge on any atom is -0.307 e. The zero-order valence-electron chi connectivity index (χ0n) is 16.2. The van der Waals surface area contributed by atoms with Crippen molar-refractivity contribution in [1.29, 1.82) is 0 Å². The quantitative estimate of drug-likeness (QED) is 0.440. The number of halogens is 5. The first kappa shape index (κ1) is 22.5. The van der Waals surface area contributed by atoms with E-state index in [2.05, 4.69) is 4.98 Å². The van der Waals surface area contributed by atoms with Crippen LogP contribution in [-0.4, -0.2) is 22.0 Å². The van der Waals surface area contributed by atoms with Gasteiger partial charge in [-0.1, -0.05) is 70.6 Å². The van der Waals surface area contributed by atoms with Gasteiger partial charge in [-0.05, 0) is 23.8 Å². The maximum absolute atomic E-state index is 13.7. The Morgan fingerprint density at radius 2 is 1.70 bits per heavy atom. The summed E-state index contributed by atoms with van der Waals surface area (Å²) >= 11 is 14.4. The van der Waals surface area contributed by atoms with E-state index in [9.17, 15) is 27.6 Å². The second-order valence-electron chi connectivity index (χ2n) is 7.42. The summed E-state index contributed by atoms with van der Waals surface area (Å²) in [6.07, 6.45) is -4.77. The largest absolute Gasteiger partial charge is 0.418 e. The number of carbonyl (C=O) groups excluding carboxylic acids is 2. The summed E-state index contributed by atoms with van der Waals surface area (Å²) in [5, 5.41) is -0.295. The van der Waals surface area contributed by atoms with Gasteiger partial charge < -0.3 is 4.98 Å². The molecule has 2 amide bonds. The number of para-hydroxylation sites is 1. The van der Waals surface area contributed by atoms with Crippen LogP contribution in [-0.2, 0) is 15.8 Å². The smallest absolute Gasteiger partial charge is 0.307 e. The molecule has 1 N–H and O–H groups in total. The molecule has 3 heterocycles. The second kappa shape index (κ2) is 7.90. The fourth-order valence-corrected chi connectivity index (χ4v) is 7.19. The highest BCUT2D eigenvalue weighted by Gasteiger charge is 2.57. The predicted octanol–water partition coefficient (Wildman–Crippen LogP) is 5.56. The van der Waals surface area contributed by atoms with Crippen molar-refractivity contribution in [2.75, 3.05) is 4.90 Å². The molecule has 2 aromatic carbocycles. The van der Waals surface area contributed by atoms with E-state index in [1.54, 1.807) is 18.2 Å². The molecule has 1 aromatic heterocycles. The number of alkyl halides is 3. The summed E-state index contributed by atoms with van der Waals surface area (Å²) < 4.78 is 41.0. The predicted molar refractivity (Wildman–Crippen MR) is 120 cm³/mol. The van der Waals surface area contributed by atoms with Crippen molar-refractivity contribution in [3.63, 3.8) is 0 Å². The van der Waals surface area contributed by atoms with Crippen LogP contribution >= 0.6 is 46.3 Å². The van der Waals surface area contributed by atoms with Crippen molar-refractivity contribution in [3.05, 3.63) is 78.2 Å². The van der Waals surface area contributed by atoms with Crippen LogP contribution in [0.25, 0.3) is 0 Å². The average molecular weight is 531 g/mol. The first-order chi connectivity index (χ1) is 15.6. The third-order valence-electron chi connectivity index (χ3n) is 5.59. The minimum atomic E-state index is -4.77. The van der Waals surface area contributed by atoms with Gasteiger partial charge in [-0.15, -0.1) is 0 Å². The number of anilines is 1. The van der Waals surface area contributed by atoms with E-state index in [1.165, 1.54) is 12.1 Å². The van der Waals surface area contributed by atoms with Gasteiger partial charge in [-0.3, -0.25) is 14.4 Å². The first-order valence-electron chi connectivity index (χ1n) is 9.47. The number of carbonyl (C=O) groups is 2. The van der Waals surface area contributed by atoms with Gasteiger partial charge in [0.15, 0.2) is 0 Å². The number of rotatable bonds is 2. The Morgan fingerprint density at radius 1 is 0.970 bits per heavy atom. The van der Waals surface area contributed by atoms with Crippen LogP contribution in [0.2, 0.25) is 10.0 Å². The molecule has 5 rings (SSSR count). The number of hydrogen-bond acceptors (Lipinski definition) is 5. The number of H-pyrrole nitrogens is 1. The Morgan fingerprint density at radius 3 is 2.42 bits per heavy atom. The molecule has 3 atom stereocenters. The minimum absolute atomic E-state index is 0.149. The maximum Gasteiger partial charge on any atom is 0.418 e. The first-order valence-corrected chi connectivity index (χ1v) is 11.9. The zero-order valence-corrected chi connectivity index (χ0v) is 19.3. The Balaban J connectivity index is 1.70. The molecular formula is C21H11Cl2F3N2O3S2. The van der Waals surface area contributed by atoms with E-state index in [0.29, 0.717) is 20.4 Å². The maximum atomic E-state index is 13.7. The van der Waals surface area contributed by atoms with E-state index in [0.717, 1.165) is 35.2 Å². The van der Waals surface area contributed by atoms with Crippen molar-refractivity contribution in [1.82, 2.24) is 4.98 Å². The van der Waals surface area contributed by atoms with Gasteiger partial charge in [-0.25, -0.2) is 4.90 Å². The Bertz CT molecular complexity index is 1370. The number of aromatic amines is 1. The lowest BCUT2D eigenvalue weighted by atomic mass is 9.83. The summed E-state index contributed by atoms with van der Waals surface area (Å²) in [7, 11) is 0. The Kier molecular flexibility index (Phi) is 5.39. The molecule has 0 radical (unpaired) electrons. The van der Waals surface area contributed by atoms with Crippen LogP contribution in [0.4, 0.5) is 18.9 Å². The normalized spacial score (nSPS) is 22.5. The monoisotopic (exact) mass is 530 g/mol. The van der Waals surface area contributed by atoms with Gasteiger partial charge >= 0.3 is 11.0 Å². The molecule has 2 aliphatic heterocycles. The van der Waals surface area contributed by atoms with Gasteiger partial charge in [0, 0.05) is 10.8 Å². The molecule has 3 aromatic rings. The molecule has 33 heavy (non-hydrogen) atoms. The third-order valence-corrected chi connectivity index (χ3v) is 8.83. The molecule has 0 aliphatic carbocycles. The van der Waals surface area contributed by atoms with Gasteiger partial charge in [0.1, 0.15) is 5.25 Å². The fraction of sp³-hybridized carbons (Fsp3) is 0.190. The van der Waals surface area contributed by atoms with Crippen molar-refractivity contribution < 1.29 is 22.8 Å². The van der Waals surface area contributed by atoms with E-state index >= 15 is 0 Å².